The van der Waals surface area contributed by atoms with Crippen LogP contribution < -0.4 is 10.6 Å². The van der Waals surface area contributed by atoms with Crippen LogP contribution in [0.4, 0.5) is 0 Å². The molecule has 0 aromatic carbocycles. The Bertz CT molecular complexity index is 242. The fourth-order valence-corrected chi connectivity index (χ4v) is 1.62. The number of aliphatic imine (C=N–C) groups is 1. The van der Waals surface area contributed by atoms with Crippen LogP contribution in [-0.4, -0.2) is 18.9 Å². The molecule has 1 fully saturated rings. The lowest BCUT2D eigenvalue weighted by Gasteiger charge is -2.24. The minimum atomic E-state index is 0.612. The van der Waals surface area contributed by atoms with Gasteiger partial charge in [-0.05, 0) is 25.9 Å². The molecule has 0 bridgehead atoms. The van der Waals surface area contributed by atoms with E-state index in [9.17, 15) is 0 Å². The SMILES string of the molecule is C1=CN=C(C2CCNCC2)NC=1. The van der Waals surface area contributed by atoms with Crippen LogP contribution in [0, 0.1) is 5.92 Å². The molecule has 0 amide bonds. The number of amidine groups is 1. The van der Waals surface area contributed by atoms with Gasteiger partial charge in [-0.3, -0.25) is 0 Å². The maximum absolute atomic E-state index is 4.26. The highest BCUT2D eigenvalue weighted by atomic mass is 15.0. The molecule has 2 heterocycles. The summed E-state index contributed by atoms with van der Waals surface area (Å²) in [5, 5.41) is 6.48. The van der Waals surface area contributed by atoms with E-state index in [0.29, 0.717) is 5.92 Å². The Hall–Kier alpha value is -1.05. The Kier molecular flexibility index (Phi) is 2.26. The average Bonchev–Trinajstić information content (AvgIpc) is 2.21. The van der Waals surface area contributed by atoms with Gasteiger partial charge < -0.3 is 10.6 Å². The Morgan fingerprint density at radius 3 is 2.92 bits per heavy atom. The third kappa shape index (κ3) is 1.58. The molecule has 0 atom stereocenters. The second-order valence-electron chi connectivity index (χ2n) is 3.12. The van der Waals surface area contributed by atoms with Crippen LogP contribution in [-0.2, 0) is 0 Å². The van der Waals surface area contributed by atoms with E-state index in [1.54, 1.807) is 6.20 Å². The Morgan fingerprint density at radius 1 is 1.42 bits per heavy atom. The van der Waals surface area contributed by atoms with Gasteiger partial charge in [0, 0.05) is 12.1 Å². The molecule has 12 heavy (non-hydrogen) atoms. The van der Waals surface area contributed by atoms with Crippen LogP contribution in [0.3, 0.4) is 0 Å². The largest absolute Gasteiger partial charge is 0.343 e. The molecule has 0 aliphatic carbocycles. The van der Waals surface area contributed by atoms with Gasteiger partial charge in [-0.2, -0.15) is 0 Å². The first kappa shape index (κ1) is 7.59. The van der Waals surface area contributed by atoms with Crippen molar-refractivity contribution in [3.8, 4) is 0 Å². The molecule has 2 aliphatic rings. The minimum Gasteiger partial charge on any atom is -0.343 e. The molecule has 3 nitrogen and oxygen atoms in total. The topological polar surface area (TPSA) is 36.4 Å². The lowest BCUT2D eigenvalue weighted by molar-refractivity contribution is 0.451. The summed E-state index contributed by atoms with van der Waals surface area (Å²) in [5.41, 5.74) is 2.89. The van der Waals surface area contributed by atoms with Crippen molar-refractivity contribution in [2.24, 2.45) is 10.9 Å². The standard InChI is InChI=1S/C9H13N3/c1-4-11-9(12-5-1)8-2-6-10-7-3-8/h4-5,8,10H,2-3,6-7H2,(H,11,12). The van der Waals surface area contributed by atoms with Gasteiger partial charge in [-0.25, -0.2) is 4.99 Å². The Balaban J connectivity index is 1.99. The molecule has 0 unspecified atom stereocenters. The number of hydrogen-bond donors (Lipinski definition) is 2. The van der Waals surface area contributed by atoms with Gasteiger partial charge in [0.15, 0.2) is 0 Å². The van der Waals surface area contributed by atoms with E-state index >= 15 is 0 Å². The highest BCUT2D eigenvalue weighted by Gasteiger charge is 2.18. The monoisotopic (exact) mass is 163 g/mol. The van der Waals surface area contributed by atoms with E-state index in [4.69, 9.17) is 0 Å². The van der Waals surface area contributed by atoms with E-state index in [-0.39, 0.29) is 0 Å². The van der Waals surface area contributed by atoms with E-state index in [0.717, 1.165) is 18.9 Å². The van der Waals surface area contributed by atoms with Gasteiger partial charge >= 0.3 is 0 Å². The van der Waals surface area contributed by atoms with Gasteiger partial charge in [0.25, 0.3) is 0 Å². The van der Waals surface area contributed by atoms with Crippen molar-refractivity contribution in [1.29, 1.82) is 0 Å². The van der Waals surface area contributed by atoms with Crippen LogP contribution in [0.15, 0.2) is 23.1 Å². The first-order chi connectivity index (χ1) is 5.97. The van der Waals surface area contributed by atoms with Gasteiger partial charge in [0.1, 0.15) is 5.84 Å². The van der Waals surface area contributed by atoms with Gasteiger partial charge in [0.05, 0.1) is 6.20 Å². The number of piperidine rings is 1. The second kappa shape index (κ2) is 3.57. The highest BCUT2D eigenvalue weighted by Crippen LogP contribution is 2.13. The van der Waals surface area contributed by atoms with Crippen molar-refractivity contribution in [2.75, 3.05) is 13.1 Å². The number of hydrogen-bond acceptors (Lipinski definition) is 3. The molecule has 0 radical (unpaired) electrons. The zero-order valence-electron chi connectivity index (χ0n) is 7.01. The fourth-order valence-electron chi connectivity index (χ4n) is 1.62. The molecule has 64 valence electrons. The van der Waals surface area contributed by atoms with Gasteiger partial charge in [0.2, 0.25) is 0 Å². The zero-order chi connectivity index (χ0) is 8.23. The van der Waals surface area contributed by atoms with Crippen LogP contribution in [0.5, 0.6) is 0 Å². The average molecular weight is 163 g/mol. The van der Waals surface area contributed by atoms with E-state index in [2.05, 4.69) is 21.4 Å². The fraction of sp³-hybridized carbons (Fsp3) is 0.556. The molecule has 2 N–H and O–H groups in total. The Morgan fingerprint density at radius 2 is 2.25 bits per heavy atom. The van der Waals surface area contributed by atoms with Crippen molar-refractivity contribution < 1.29 is 0 Å². The summed E-state index contributed by atoms with van der Waals surface area (Å²) in [5.74, 6) is 1.72. The van der Waals surface area contributed by atoms with E-state index < -0.39 is 0 Å². The van der Waals surface area contributed by atoms with Gasteiger partial charge in [-0.15, -0.1) is 0 Å². The van der Waals surface area contributed by atoms with Crippen molar-refractivity contribution in [3.05, 3.63) is 18.1 Å². The van der Waals surface area contributed by atoms with Crippen LogP contribution in [0.2, 0.25) is 0 Å². The molecule has 2 aliphatic heterocycles. The second-order valence-corrected chi connectivity index (χ2v) is 3.12. The third-order valence-electron chi connectivity index (χ3n) is 2.31. The maximum Gasteiger partial charge on any atom is 0.110 e. The number of rotatable bonds is 1. The summed E-state index contributed by atoms with van der Waals surface area (Å²) in [6, 6.07) is 0. The number of nitrogens with one attached hydrogen (secondary N) is 2. The predicted molar refractivity (Wildman–Crippen MR) is 48.8 cm³/mol. The summed E-state index contributed by atoms with van der Waals surface area (Å²) >= 11 is 0. The molecule has 0 aromatic heterocycles. The van der Waals surface area contributed by atoms with E-state index in [1.807, 2.05) is 6.20 Å². The zero-order valence-corrected chi connectivity index (χ0v) is 7.01. The Labute approximate surface area is 72.3 Å². The van der Waals surface area contributed by atoms with Crippen molar-refractivity contribution in [3.63, 3.8) is 0 Å². The van der Waals surface area contributed by atoms with Crippen LogP contribution >= 0.6 is 0 Å². The minimum absolute atomic E-state index is 0.612. The van der Waals surface area contributed by atoms with E-state index in [1.165, 1.54) is 12.8 Å². The predicted octanol–water partition coefficient (Wildman–Crippen LogP) is 0.614. The van der Waals surface area contributed by atoms with Crippen LogP contribution in [0.25, 0.3) is 0 Å². The first-order valence-electron chi connectivity index (χ1n) is 4.41. The smallest absolute Gasteiger partial charge is 0.110 e. The quantitative estimate of drug-likeness (QED) is 0.556. The first-order valence-corrected chi connectivity index (χ1v) is 4.41. The molecule has 2 rings (SSSR count). The summed E-state index contributed by atoms with van der Waals surface area (Å²) in [7, 11) is 0. The molecule has 1 saturated heterocycles. The molecule has 0 spiro atoms. The number of nitrogens with zero attached hydrogens (tertiary/aromatic N) is 1. The maximum atomic E-state index is 4.26. The summed E-state index contributed by atoms with van der Waals surface area (Å²) in [4.78, 5) is 4.26. The molecule has 3 heteroatoms. The summed E-state index contributed by atoms with van der Waals surface area (Å²) in [6.07, 6.45) is 5.93. The lowest BCUT2D eigenvalue weighted by Crippen LogP contribution is -2.36. The lowest BCUT2D eigenvalue weighted by atomic mass is 9.96. The van der Waals surface area contributed by atoms with Crippen molar-refractivity contribution >= 4 is 5.84 Å². The normalized spacial score (nSPS) is 23.5. The molecular weight excluding hydrogens is 150 g/mol. The summed E-state index contributed by atoms with van der Waals surface area (Å²) in [6.45, 7) is 2.22. The highest BCUT2D eigenvalue weighted by molar-refractivity contribution is 5.86. The van der Waals surface area contributed by atoms with Crippen molar-refractivity contribution in [1.82, 2.24) is 10.6 Å². The molecular formula is C9H13N3. The van der Waals surface area contributed by atoms with Crippen LogP contribution in [0.1, 0.15) is 12.8 Å². The molecule has 0 aromatic rings. The van der Waals surface area contributed by atoms with Crippen molar-refractivity contribution in [2.45, 2.75) is 12.8 Å². The summed E-state index contributed by atoms with van der Waals surface area (Å²) < 4.78 is 0. The molecule has 0 saturated carbocycles. The van der Waals surface area contributed by atoms with Gasteiger partial charge in [-0.1, -0.05) is 5.73 Å². The third-order valence-corrected chi connectivity index (χ3v) is 2.31.